The van der Waals surface area contributed by atoms with Gasteiger partial charge < -0.3 is 5.32 Å². The smallest absolute Gasteiger partial charge is 0.259 e. The fourth-order valence-electron chi connectivity index (χ4n) is 1.59. The van der Waals surface area contributed by atoms with E-state index >= 15 is 0 Å². The van der Waals surface area contributed by atoms with Crippen molar-refractivity contribution in [2.75, 3.05) is 5.32 Å². The number of rotatable bonds is 3. The van der Waals surface area contributed by atoms with Crippen molar-refractivity contribution in [1.82, 2.24) is 14.8 Å². The Morgan fingerprint density at radius 3 is 2.95 bits per heavy atom. The molecule has 2 aromatic rings. The molecule has 0 unspecified atom stereocenters. The van der Waals surface area contributed by atoms with Crippen LogP contribution < -0.4 is 5.32 Å². The van der Waals surface area contributed by atoms with Crippen LogP contribution in [0.4, 0.5) is 5.82 Å². The molecule has 1 N–H and O–H groups in total. The number of halogens is 2. The monoisotopic (exact) mass is 342 g/mol. The minimum atomic E-state index is -0.318. The topological polar surface area (TPSA) is 59.8 Å². The minimum absolute atomic E-state index is 0.154. The van der Waals surface area contributed by atoms with Gasteiger partial charge in [0, 0.05) is 22.8 Å². The standard InChI is InChI=1S/C12H12BrClN4O/c1-7(2)18-10(3-4-16-18)17-12(19)9-5-8(13)6-15-11(9)14/h3-7H,1-2H3,(H,17,19). The third-order valence-electron chi connectivity index (χ3n) is 2.45. The summed E-state index contributed by atoms with van der Waals surface area (Å²) in [5.74, 6) is 0.303. The number of anilines is 1. The van der Waals surface area contributed by atoms with Gasteiger partial charge in [0.25, 0.3) is 5.91 Å². The predicted octanol–water partition coefficient (Wildman–Crippen LogP) is 3.53. The predicted molar refractivity (Wildman–Crippen MR) is 77.5 cm³/mol. The number of carbonyl (C=O) groups is 1. The van der Waals surface area contributed by atoms with Crippen molar-refractivity contribution in [3.8, 4) is 0 Å². The Kier molecular flexibility index (Phi) is 4.21. The number of hydrogen-bond donors (Lipinski definition) is 1. The van der Waals surface area contributed by atoms with Gasteiger partial charge in [0.05, 0.1) is 11.8 Å². The summed E-state index contributed by atoms with van der Waals surface area (Å²) in [6, 6.07) is 3.51. The lowest BCUT2D eigenvalue weighted by molar-refractivity contribution is 0.102. The van der Waals surface area contributed by atoms with Crippen molar-refractivity contribution in [2.24, 2.45) is 0 Å². The molecule has 0 aliphatic rings. The first-order chi connectivity index (χ1) is 8.99. The molecule has 0 aromatic carbocycles. The van der Waals surface area contributed by atoms with E-state index < -0.39 is 0 Å². The van der Waals surface area contributed by atoms with Gasteiger partial charge in [-0.1, -0.05) is 11.6 Å². The molecule has 7 heteroatoms. The largest absolute Gasteiger partial charge is 0.307 e. The molecule has 5 nitrogen and oxygen atoms in total. The Labute approximate surface area is 124 Å². The molecule has 1 amide bonds. The van der Waals surface area contributed by atoms with Crippen LogP contribution in [0.2, 0.25) is 5.15 Å². The van der Waals surface area contributed by atoms with Crippen molar-refractivity contribution in [3.05, 3.63) is 39.7 Å². The van der Waals surface area contributed by atoms with Gasteiger partial charge in [-0.15, -0.1) is 0 Å². The highest BCUT2D eigenvalue weighted by Crippen LogP contribution is 2.20. The Morgan fingerprint density at radius 1 is 1.53 bits per heavy atom. The third-order valence-corrected chi connectivity index (χ3v) is 3.19. The van der Waals surface area contributed by atoms with Crippen LogP contribution in [0.5, 0.6) is 0 Å². The highest BCUT2D eigenvalue weighted by molar-refractivity contribution is 9.10. The average Bonchev–Trinajstić information content (AvgIpc) is 2.80. The first kappa shape index (κ1) is 14.0. The molecule has 2 aromatic heterocycles. The number of nitrogens with zero attached hydrogens (tertiary/aromatic N) is 3. The molecule has 0 aliphatic heterocycles. The molecule has 0 aliphatic carbocycles. The van der Waals surface area contributed by atoms with E-state index in [0.717, 1.165) is 0 Å². The van der Waals surface area contributed by atoms with Crippen LogP contribution in [0.1, 0.15) is 30.2 Å². The molecule has 0 saturated carbocycles. The second-order valence-electron chi connectivity index (χ2n) is 4.20. The van der Waals surface area contributed by atoms with E-state index in [-0.39, 0.29) is 17.1 Å². The lowest BCUT2D eigenvalue weighted by Gasteiger charge is -2.12. The Balaban J connectivity index is 2.26. The van der Waals surface area contributed by atoms with Gasteiger partial charge in [-0.2, -0.15) is 5.10 Å². The minimum Gasteiger partial charge on any atom is -0.307 e. The van der Waals surface area contributed by atoms with Crippen molar-refractivity contribution in [3.63, 3.8) is 0 Å². The summed E-state index contributed by atoms with van der Waals surface area (Å²) in [4.78, 5) is 16.1. The summed E-state index contributed by atoms with van der Waals surface area (Å²) < 4.78 is 2.41. The Morgan fingerprint density at radius 2 is 2.26 bits per heavy atom. The normalized spacial score (nSPS) is 10.8. The maximum Gasteiger partial charge on any atom is 0.259 e. The van der Waals surface area contributed by atoms with Crippen molar-refractivity contribution in [1.29, 1.82) is 0 Å². The SMILES string of the molecule is CC(C)n1nccc1NC(=O)c1cc(Br)cnc1Cl. The van der Waals surface area contributed by atoms with Crippen LogP contribution >= 0.6 is 27.5 Å². The lowest BCUT2D eigenvalue weighted by Crippen LogP contribution is -2.17. The Bertz CT molecular complexity index is 612. The van der Waals surface area contributed by atoms with Gasteiger partial charge in [-0.25, -0.2) is 9.67 Å². The second kappa shape index (κ2) is 5.71. The maximum absolute atomic E-state index is 12.2. The van der Waals surface area contributed by atoms with E-state index in [0.29, 0.717) is 15.9 Å². The first-order valence-electron chi connectivity index (χ1n) is 5.65. The zero-order valence-electron chi connectivity index (χ0n) is 10.4. The van der Waals surface area contributed by atoms with Gasteiger partial charge in [0.1, 0.15) is 11.0 Å². The number of amides is 1. The molecule has 0 saturated heterocycles. The molecule has 2 rings (SSSR count). The summed E-state index contributed by atoms with van der Waals surface area (Å²) in [5.41, 5.74) is 0.313. The summed E-state index contributed by atoms with van der Waals surface area (Å²) >= 11 is 9.18. The average molecular weight is 344 g/mol. The summed E-state index contributed by atoms with van der Waals surface area (Å²) in [5, 5.41) is 7.08. The number of nitrogens with one attached hydrogen (secondary N) is 1. The number of pyridine rings is 1. The second-order valence-corrected chi connectivity index (χ2v) is 5.47. The molecule has 100 valence electrons. The van der Waals surface area contributed by atoms with E-state index in [2.05, 4.69) is 31.3 Å². The number of carbonyl (C=O) groups excluding carboxylic acids is 1. The Hall–Kier alpha value is -1.40. The molecule has 19 heavy (non-hydrogen) atoms. The van der Waals surface area contributed by atoms with Crippen LogP contribution in [0.3, 0.4) is 0 Å². The molecule has 0 atom stereocenters. The van der Waals surface area contributed by atoms with Crippen LogP contribution in [-0.2, 0) is 0 Å². The van der Waals surface area contributed by atoms with E-state index in [9.17, 15) is 4.79 Å². The van der Waals surface area contributed by atoms with Crippen molar-refractivity contribution < 1.29 is 4.79 Å². The zero-order valence-corrected chi connectivity index (χ0v) is 12.7. The van der Waals surface area contributed by atoms with Crippen molar-refractivity contribution in [2.45, 2.75) is 19.9 Å². The summed E-state index contributed by atoms with van der Waals surface area (Å²) in [6.07, 6.45) is 3.17. The van der Waals surface area contributed by atoms with Crippen LogP contribution in [0.15, 0.2) is 29.0 Å². The maximum atomic E-state index is 12.2. The molecular weight excluding hydrogens is 332 g/mol. The van der Waals surface area contributed by atoms with Gasteiger partial charge in [0.2, 0.25) is 0 Å². The number of hydrogen-bond acceptors (Lipinski definition) is 3. The fourth-order valence-corrected chi connectivity index (χ4v) is 2.11. The quantitative estimate of drug-likeness (QED) is 0.867. The third kappa shape index (κ3) is 3.13. The molecule has 0 fully saturated rings. The van der Waals surface area contributed by atoms with Crippen LogP contribution in [0.25, 0.3) is 0 Å². The van der Waals surface area contributed by atoms with E-state index in [4.69, 9.17) is 11.6 Å². The van der Waals surface area contributed by atoms with Gasteiger partial charge in [0.15, 0.2) is 0 Å². The zero-order chi connectivity index (χ0) is 14.0. The number of aromatic nitrogens is 3. The molecule has 0 spiro atoms. The summed E-state index contributed by atoms with van der Waals surface area (Å²) in [7, 11) is 0. The van der Waals surface area contributed by atoms with E-state index in [1.807, 2.05) is 13.8 Å². The molecule has 0 radical (unpaired) electrons. The molecule has 2 heterocycles. The fraction of sp³-hybridized carbons (Fsp3) is 0.250. The van der Waals surface area contributed by atoms with Gasteiger partial charge in [-0.3, -0.25) is 4.79 Å². The van der Waals surface area contributed by atoms with Gasteiger partial charge in [-0.05, 0) is 35.8 Å². The first-order valence-corrected chi connectivity index (χ1v) is 6.82. The van der Waals surface area contributed by atoms with Crippen molar-refractivity contribution >= 4 is 39.3 Å². The highest BCUT2D eigenvalue weighted by Gasteiger charge is 2.15. The lowest BCUT2D eigenvalue weighted by atomic mass is 10.2. The molecule has 0 bridgehead atoms. The van der Waals surface area contributed by atoms with Crippen LogP contribution in [0, 0.1) is 0 Å². The van der Waals surface area contributed by atoms with Crippen LogP contribution in [-0.4, -0.2) is 20.7 Å². The van der Waals surface area contributed by atoms with E-state index in [1.165, 1.54) is 6.20 Å². The summed E-state index contributed by atoms with van der Waals surface area (Å²) in [6.45, 7) is 3.96. The van der Waals surface area contributed by atoms with E-state index in [1.54, 1.807) is 23.0 Å². The van der Waals surface area contributed by atoms with Gasteiger partial charge >= 0.3 is 0 Å². The highest BCUT2D eigenvalue weighted by atomic mass is 79.9. The molecular formula is C12H12BrClN4O.